The second-order valence-corrected chi connectivity index (χ2v) is 6.95. The molecule has 1 aliphatic rings. The second kappa shape index (κ2) is 8.42. The summed E-state index contributed by atoms with van der Waals surface area (Å²) in [4.78, 5) is 19.2. The zero-order valence-electron chi connectivity index (χ0n) is 16.1. The van der Waals surface area contributed by atoms with Crippen LogP contribution in [0.4, 0.5) is 4.39 Å². The lowest BCUT2D eigenvalue weighted by atomic mass is 10.0. The molecule has 8 nitrogen and oxygen atoms in total. The van der Waals surface area contributed by atoms with Gasteiger partial charge in [0.05, 0.1) is 6.61 Å². The van der Waals surface area contributed by atoms with Gasteiger partial charge in [0.2, 0.25) is 5.89 Å². The third-order valence-electron chi connectivity index (χ3n) is 4.98. The number of aromatic nitrogens is 4. The molecule has 0 N–H and O–H groups in total. The van der Waals surface area contributed by atoms with Gasteiger partial charge in [-0.3, -0.25) is 9.48 Å². The minimum atomic E-state index is -0.308. The van der Waals surface area contributed by atoms with Crippen molar-refractivity contribution in [3.05, 3.63) is 59.8 Å². The Labute approximate surface area is 167 Å². The van der Waals surface area contributed by atoms with E-state index in [9.17, 15) is 9.18 Å². The summed E-state index contributed by atoms with van der Waals surface area (Å²) in [5, 5.41) is 8.11. The van der Waals surface area contributed by atoms with Crippen LogP contribution in [0.15, 0.2) is 41.1 Å². The van der Waals surface area contributed by atoms with Crippen LogP contribution in [0.1, 0.15) is 47.5 Å². The van der Waals surface area contributed by atoms with E-state index in [0.29, 0.717) is 42.7 Å². The van der Waals surface area contributed by atoms with Crippen molar-refractivity contribution in [2.24, 2.45) is 7.05 Å². The van der Waals surface area contributed by atoms with Gasteiger partial charge < -0.3 is 14.2 Å². The number of piperidine rings is 1. The average Bonchev–Trinajstić information content (AvgIpc) is 3.38. The Morgan fingerprint density at radius 1 is 1.28 bits per heavy atom. The van der Waals surface area contributed by atoms with Gasteiger partial charge in [0.15, 0.2) is 5.82 Å². The largest absolute Gasteiger partial charge is 0.493 e. The highest BCUT2D eigenvalue weighted by Gasteiger charge is 2.33. The van der Waals surface area contributed by atoms with Gasteiger partial charge in [-0.25, -0.2) is 4.39 Å². The Morgan fingerprint density at radius 3 is 2.86 bits per heavy atom. The molecule has 152 valence electrons. The first kappa shape index (κ1) is 19.1. The maximum absolute atomic E-state index is 13.0. The van der Waals surface area contributed by atoms with Crippen molar-refractivity contribution in [1.29, 1.82) is 0 Å². The summed E-state index contributed by atoms with van der Waals surface area (Å²) in [6.07, 6.45) is 4.76. The molecule has 1 aromatic carbocycles. The maximum atomic E-state index is 13.0. The highest BCUT2D eigenvalue weighted by atomic mass is 19.1. The van der Waals surface area contributed by atoms with Crippen LogP contribution in [0.3, 0.4) is 0 Å². The number of aryl methyl sites for hydroxylation is 1. The normalized spacial score (nSPS) is 16.8. The quantitative estimate of drug-likeness (QED) is 0.633. The van der Waals surface area contributed by atoms with E-state index >= 15 is 0 Å². The molecular formula is C20H22FN5O3. The summed E-state index contributed by atoms with van der Waals surface area (Å²) in [7, 11) is 1.75. The molecule has 0 spiro atoms. The van der Waals surface area contributed by atoms with Crippen molar-refractivity contribution in [1.82, 2.24) is 24.8 Å². The topological polar surface area (TPSA) is 86.3 Å². The average molecular weight is 399 g/mol. The second-order valence-electron chi connectivity index (χ2n) is 6.95. The molecule has 1 atom stereocenters. The van der Waals surface area contributed by atoms with E-state index < -0.39 is 0 Å². The van der Waals surface area contributed by atoms with E-state index in [-0.39, 0.29) is 17.8 Å². The highest BCUT2D eigenvalue weighted by molar-refractivity contribution is 5.92. The molecule has 0 aliphatic carbocycles. The van der Waals surface area contributed by atoms with Crippen molar-refractivity contribution in [3.8, 4) is 5.75 Å². The molecular weight excluding hydrogens is 377 g/mol. The fourth-order valence-electron chi connectivity index (χ4n) is 3.46. The Morgan fingerprint density at radius 2 is 2.10 bits per heavy atom. The fourth-order valence-corrected chi connectivity index (χ4v) is 3.46. The molecule has 1 fully saturated rings. The van der Waals surface area contributed by atoms with Gasteiger partial charge in [-0.05, 0) is 49.6 Å². The lowest BCUT2D eigenvalue weighted by Crippen LogP contribution is -2.39. The summed E-state index contributed by atoms with van der Waals surface area (Å²) in [5.74, 6) is 1.14. The molecule has 0 bridgehead atoms. The molecule has 1 saturated heterocycles. The van der Waals surface area contributed by atoms with Crippen LogP contribution in [-0.4, -0.2) is 43.9 Å². The number of likely N-dealkylation sites (tertiary alicyclic amines) is 1. The smallest absolute Gasteiger partial charge is 0.272 e. The van der Waals surface area contributed by atoms with E-state index in [1.54, 1.807) is 41.0 Å². The first-order valence-corrected chi connectivity index (χ1v) is 9.61. The van der Waals surface area contributed by atoms with Crippen LogP contribution in [0.2, 0.25) is 0 Å². The van der Waals surface area contributed by atoms with Crippen LogP contribution < -0.4 is 4.74 Å². The van der Waals surface area contributed by atoms with E-state index in [4.69, 9.17) is 9.26 Å². The molecule has 1 amide bonds. The van der Waals surface area contributed by atoms with Gasteiger partial charge in [-0.15, -0.1) is 0 Å². The molecule has 1 aliphatic heterocycles. The van der Waals surface area contributed by atoms with Gasteiger partial charge in [-0.2, -0.15) is 10.1 Å². The Kier molecular flexibility index (Phi) is 5.55. The number of hydrogen-bond donors (Lipinski definition) is 0. The summed E-state index contributed by atoms with van der Waals surface area (Å²) < 4.78 is 25.5. The predicted octanol–water partition coefficient (Wildman–Crippen LogP) is 2.93. The number of amides is 1. The molecule has 0 radical (unpaired) electrons. The molecule has 0 saturated carbocycles. The van der Waals surface area contributed by atoms with Crippen molar-refractivity contribution in [2.75, 3.05) is 13.2 Å². The van der Waals surface area contributed by atoms with Gasteiger partial charge in [-0.1, -0.05) is 5.16 Å². The molecule has 3 aromatic rings. The van der Waals surface area contributed by atoms with Gasteiger partial charge in [0.1, 0.15) is 23.3 Å². The van der Waals surface area contributed by atoms with Crippen molar-refractivity contribution < 1.29 is 18.4 Å². The highest BCUT2D eigenvalue weighted by Crippen LogP contribution is 2.31. The molecule has 4 rings (SSSR count). The Hall–Kier alpha value is -3.23. The standard InChI is InChI=1S/C20H22FN5O3/c1-25-17(9-11-22-25)20(27)26-12-3-2-4-16(26)19-23-18(24-29-19)10-13-28-15-7-5-14(21)6-8-15/h5-9,11,16H,2-4,10,12-13H2,1H3. The predicted molar refractivity (Wildman–Crippen MR) is 101 cm³/mol. The molecule has 3 heterocycles. The van der Waals surface area contributed by atoms with Gasteiger partial charge in [0.25, 0.3) is 5.91 Å². The van der Waals surface area contributed by atoms with Crippen LogP contribution in [0.25, 0.3) is 0 Å². The molecule has 2 aromatic heterocycles. The van der Waals surface area contributed by atoms with Crippen LogP contribution in [-0.2, 0) is 13.5 Å². The number of carbonyl (C=O) groups excluding carboxylic acids is 1. The van der Waals surface area contributed by atoms with Gasteiger partial charge >= 0.3 is 0 Å². The monoisotopic (exact) mass is 399 g/mol. The third kappa shape index (κ3) is 4.28. The van der Waals surface area contributed by atoms with Crippen molar-refractivity contribution >= 4 is 5.91 Å². The number of hydrogen-bond acceptors (Lipinski definition) is 6. The summed E-state index contributed by atoms with van der Waals surface area (Å²) in [6, 6.07) is 7.30. The number of ether oxygens (including phenoxy) is 1. The number of benzene rings is 1. The zero-order chi connectivity index (χ0) is 20.2. The lowest BCUT2D eigenvalue weighted by Gasteiger charge is -2.33. The van der Waals surface area contributed by atoms with Gasteiger partial charge in [0, 0.05) is 26.2 Å². The van der Waals surface area contributed by atoms with Crippen molar-refractivity contribution in [3.63, 3.8) is 0 Å². The van der Waals surface area contributed by atoms with E-state index in [0.717, 1.165) is 19.3 Å². The molecule has 1 unspecified atom stereocenters. The Bertz CT molecular complexity index is 969. The molecule has 9 heteroatoms. The fraction of sp³-hybridized carbons (Fsp3) is 0.400. The van der Waals surface area contributed by atoms with Crippen molar-refractivity contribution in [2.45, 2.75) is 31.7 Å². The summed E-state index contributed by atoms with van der Waals surface area (Å²) >= 11 is 0. The lowest BCUT2D eigenvalue weighted by molar-refractivity contribution is 0.0550. The zero-order valence-corrected chi connectivity index (χ0v) is 16.1. The van der Waals surface area contributed by atoms with E-state index in [1.807, 2.05) is 0 Å². The molecule has 29 heavy (non-hydrogen) atoms. The van der Waals surface area contributed by atoms with E-state index in [1.165, 1.54) is 12.1 Å². The van der Waals surface area contributed by atoms with Crippen LogP contribution >= 0.6 is 0 Å². The number of carbonyl (C=O) groups is 1. The SMILES string of the molecule is Cn1nccc1C(=O)N1CCCCC1c1nc(CCOc2ccc(F)cc2)no1. The first-order chi connectivity index (χ1) is 14.1. The maximum Gasteiger partial charge on any atom is 0.272 e. The summed E-state index contributed by atoms with van der Waals surface area (Å²) in [6.45, 7) is 0.979. The van der Waals surface area contributed by atoms with Crippen LogP contribution in [0.5, 0.6) is 5.75 Å². The third-order valence-corrected chi connectivity index (χ3v) is 4.98. The minimum absolute atomic E-state index is 0.0888. The van der Waals surface area contributed by atoms with Crippen LogP contribution in [0, 0.1) is 5.82 Å². The summed E-state index contributed by atoms with van der Waals surface area (Å²) in [5.41, 5.74) is 0.532. The first-order valence-electron chi connectivity index (χ1n) is 9.61. The number of halogens is 1. The minimum Gasteiger partial charge on any atom is -0.493 e. The number of rotatable bonds is 6. The Balaban J connectivity index is 1.40. The van der Waals surface area contributed by atoms with E-state index in [2.05, 4.69) is 15.2 Å². The number of nitrogens with zero attached hydrogens (tertiary/aromatic N) is 5.